The van der Waals surface area contributed by atoms with Gasteiger partial charge in [-0.25, -0.2) is 4.79 Å². The van der Waals surface area contributed by atoms with Gasteiger partial charge in [0, 0.05) is 17.3 Å². The van der Waals surface area contributed by atoms with Crippen LogP contribution in [0.25, 0.3) is 0 Å². The van der Waals surface area contributed by atoms with E-state index in [2.05, 4.69) is 21.2 Å². The Morgan fingerprint density at radius 3 is 2.65 bits per heavy atom. The van der Waals surface area contributed by atoms with Gasteiger partial charge in [0.1, 0.15) is 6.04 Å². The first-order valence-corrected chi connectivity index (χ1v) is 6.45. The van der Waals surface area contributed by atoms with Gasteiger partial charge in [-0.15, -0.1) is 0 Å². The second-order valence-electron chi connectivity index (χ2n) is 3.81. The molecule has 0 aromatic heterocycles. The van der Waals surface area contributed by atoms with Gasteiger partial charge in [-0.1, -0.05) is 28.1 Å². The van der Waals surface area contributed by atoms with Crippen LogP contribution in [0.3, 0.4) is 0 Å². The average molecular weight is 298 g/mol. The largest absolute Gasteiger partial charge is 0.464 e. The van der Waals surface area contributed by atoms with Crippen molar-refractivity contribution >= 4 is 27.8 Å². The van der Waals surface area contributed by atoms with Crippen molar-refractivity contribution in [3.05, 3.63) is 35.4 Å². The number of halogens is 1. The summed E-state index contributed by atoms with van der Waals surface area (Å²) < 4.78 is 4.78. The van der Waals surface area contributed by atoms with Crippen LogP contribution in [0.1, 0.15) is 22.3 Å². The number of esters is 1. The maximum atomic E-state index is 11.8. The molecule has 1 amide bonds. The average Bonchev–Trinajstić information content (AvgIpc) is 2.75. The molecule has 0 aliphatic carbocycles. The van der Waals surface area contributed by atoms with E-state index in [1.165, 1.54) is 0 Å². The summed E-state index contributed by atoms with van der Waals surface area (Å²) in [7, 11) is 0. The van der Waals surface area contributed by atoms with E-state index in [-0.39, 0.29) is 11.9 Å². The summed E-state index contributed by atoms with van der Waals surface area (Å²) >= 11 is 3.34. The predicted octanol–water partition coefficient (Wildman–Crippen LogP) is 1.63. The lowest BCUT2D eigenvalue weighted by Gasteiger charge is -2.08. The van der Waals surface area contributed by atoms with E-state index in [1.54, 1.807) is 12.1 Å². The first-order chi connectivity index (χ1) is 8.20. The predicted molar refractivity (Wildman–Crippen MR) is 65.9 cm³/mol. The van der Waals surface area contributed by atoms with Gasteiger partial charge in [0.2, 0.25) is 0 Å². The van der Waals surface area contributed by atoms with Crippen LogP contribution in [-0.2, 0) is 14.9 Å². The Morgan fingerprint density at radius 2 is 2.12 bits per heavy atom. The first-order valence-electron chi connectivity index (χ1n) is 5.33. The van der Waals surface area contributed by atoms with Crippen molar-refractivity contribution in [3.8, 4) is 0 Å². The highest BCUT2D eigenvalue weighted by molar-refractivity contribution is 9.08. The van der Waals surface area contributed by atoms with Crippen LogP contribution in [0.4, 0.5) is 0 Å². The molecule has 0 spiro atoms. The normalized spacial score (nSPS) is 18.9. The minimum Gasteiger partial charge on any atom is -0.464 e. The SMILES string of the molecule is O=C(NC1CCOC1=O)c1ccc(CBr)cc1. The Kier molecular flexibility index (Phi) is 3.78. The molecule has 1 aliphatic rings. The summed E-state index contributed by atoms with van der Waals surface area (Å²) in [5.74, 6) is -0.592. The summed E-state index contributed by atoms with van der Waals surface area (Å²) in [5.41, 5.74) is 1.65. The van der Waals surface area contributed by atoms with Crippen LogP contribution in [-0.4, -0.2) is 24.5 Å². The second kappa shape index (κ2) is 5.31. The Bertz CT molecular complexity index is 430. The Hall–Kier alpha value is -1.36. The summed E-state index contributed by atoms with van der Waals surface area (Å²) in [6, 6.07) is 6.73. The molecule has 0 radical (unpaired) electrons. The molecule has 1 heterocycles. The molecule has 90 valence electrons. The number of ether oxygens (including phenoxy) is 1. The van der Waals surface area contributed by atoms with E-state index in [0.717, 1.165) is 10.9 Å². The summed E-state index contributed by atoms with van der Waals surface area (Å²) in [5, 5.41) is 3.41. The lowest BCUT2D eigenvalue weighted by atomic mass is 10.1. The lowest BCUT2D eigenvalue weighted by molar-refractivity contribution is -0.139. The van der Waals surface area contributed by atoms with Crippen molar-refractivity contribution in [2.45, 2.75) is 17.8 Å². The van der Waals surface area contributed by atoms with E-state index < -0.39 is 6.04 Å². The molecule has 17 heavy (non-hydrogen) atoms. The fourth-order valence-electron chi connectivity index (χ4n) is 1.61. The molecular formula is C12H12BrNO3. The van der Waals surface area contributed by atoms with Crippen molar-refractivity contribution < 1.29 is 14.3 Å². The number of cyclic esters (lactones) is 1. The molecule has 1 unspecified atom stereocenters. The standard InChI is InChI=1S/C12H12BrNO3/c13-7-8-1-3-9(4-2-8)11(15)14-10-5-6-17-12(10)16/h1-4,10H,5-7H2,(H,14,15). The third-order valence-corrected chi connectivity index (χ3v) is 3.26. The third-order valence-electron chi connectivity index (χ3n) is 2.61. The molecule has 4 nitrogen and oxygen atoms in total. The second-order valence-corrected chi connectivity index (χ2v) is 4.37. The molecule has 1 aromatic carbocycles. The molecule has 1 fully saturated rings. The minimum atomic E-state index is -0.502. The number of nitrogens with one attached hydrogen (secondary N) is 1. The van der Waals surface area contributed by atoms with Gasteiger partial charge in [-0.3, -0.25) is 4.79 Å². The van der Waals surface area contributed by atoms with Crippen molar-refractivity contribution in [2.75, 3.05) is 6.61 Å². The van der Waals surface area contributed by atoms with Gasteiger partial charge in [0.15, 0.2) is 0 Å². The molecule has 2 rings (SSSR count). The molecule has 1 atom stereocenters. The van der Waals surface area contributed by atoms with Crippen molar-refractivity contribution in [1.29, 1.82) is 0 Å². The fraction of sp³-hybridized carbons (Fsp3) is 0.333. The molecule has 1 aliphatic heterocycles. The zero-order valence-corrected chi connectivity index (χ0v) is 10.7. The zero-order valence-electron chi connectivity index (χ0n) is 9.11. The van der Waals surface area contributed by atoms with Crippen LogP contribution in [0.15, 0.2) is 24.3 Å². The Morgan fingerprint density at radius 1 is 1.41 bits per heavy atom. The first kappa shape index (κ1) is 12.1. The van der Waals surface area contributed by atoms with E-state index in [9.17, 15) is 9.59 Å². The van der Waals surface area contributed by atoms with E-state index in [4.69, 9.17) is 4.74 Å². The number of rotatable bonds is 3. The van der Waals surface area contributed by atoms with Crippen molar-refractivity contribution in [1.82, 2.24) is 5.32 Å². The number of benzene rings is 1. The van der Waals surface area contributed by atoms with Crippen LogP contribution >= 0.6 is 15.9 Å². The monoisotopic (exact) mass is 297 g/mol. The number of carbonyl (C=O) groups excluding carboxylic acids is 2. The lowest BCUT2D eigenvalue weighted by Crippen LogP contribution is -2.37. The number of hydrogen-bond donors (Lipinski definition) is 1. The van der Waals surface area contributed by atoms with E-state index in [0.29, 0.717) is 18.6 Å². The molecule has 5 heteroatoms. The van der Waals surface area contributed by atoms with Gasteiger partial charge in [-0.2, -0.15) is 0 Å². The van der Waals surface area contributed by atoms with Crippen molar-refractivity contribution in [2.24, 2.45) is 0 Å². The van der Waals surface area contributed by atoms with Gasteiger partial charge in [0.05, 0.1) is 6.61 Å². The molecule has 0 bridgehead atoms. The number of carbonyl (C=O) groups is 2. The van der Waals surface area contributed by atoms with Gasteiger partial charge in [-0.05, 0) is 17.7 Å². The van der Waals surface area contributed by atoms with E-state index in [1.807, 2.05) is 12.1 Å². The topological polar surface area (TPSA) is 55.4 Å². The van der Waals surface area contributed by atoms with Crippen LogP contribution in [0.5, 0.6) is 0 Å². The van der Waals surface area contributed by atoms with Crippen molar-refractivity contribution in [3.63, 3.8) is 0 Å². The number of alkyl halides is 1. The zero-order chi connectivity index (χ0) is 12.3. The highest BCUT2D eigenvalue weighted by Crippen LogP contribution is 2.10. The molecular weight excluding hydrogens is 286 g/mol. The minimum absolute atomic E-state index is 0.241. The molecule has 0 saturated carbocycles. The molecule has 1 saturated heterocycles. The van der Waals surface area contributed by atoms with E-state index >= 15 is 0 Å². The Labute approximate surface area is 107 Å². The fourth-order valence-corrected chi connectivity index (χ4v) is 1.99. The summed E-state index contributed by atoms with van der Waals surface area (Å²) in [4.78, 5) is 23.0. The van der Waals surface area contributed by atoms with Crippen LogP contribution in [0.2, 0.25) is 0 Å². The van der Waals surface area contributed by atoms with Gasteiger partial charge >= 0.3 is 5.97 Å². The summed E-state index contributed by atoms with van der Waals surface area (Å²) in [6.45, 7) is 0.381. The van der Waals surface area contributed by atoms with Crippen LogP contribution in [0, 0.1) is 0 Å². The van der Waals surface area contributed by atoms with Gasteiger partial charge in [0.25, 0.3) is 5.91 Å². The highest BCUT2D eigenvalue weighted by atomic mass is 79.9. The maximum absolute atomic E-state index is 11.8. The summed E-state index contributed by atoms with van der Waals surface area (Å²) in [6.07, 6.45) is 0.546. The smallest absolute Gasteiger partial charge is 0.328 e. The highest BCUT2D eigenvalue weighted by Gasteiger charge is 2.28. The quantitative estimate of drug-likeness (QED) is 0.681. The van der Waals surface area contributed by atoms with Gasteiger partial charge < -0.3 is 10.1 Å². The van der Waals surface area contributed by atoms with Crippen LogP contribution < -0.4 is 5.32 Å². The maximum Gasteiger partial charge on any atom is 0.328 e. The Balaban J connectivity index is 2.01. The number of hydrogen-bond acceptors (Lipinski definition) is 3. The molecule has 1 N–H and O–H groups in total. The third kappa shape index (κ3) is 2.85. The number of amides is 1. The molecule has 1 aromatic rings.